The highest BCUT2D eigenvalue weighted by atomic mass is 32.1. The lowest BCUT2D eigenvalue weighted by Gasteiger charge is -2.23. The normalized spacial score (nSPS) is 15.4. The summed E-state index contributed by atoms with van der Waals surface area (Å²) in [7, 11) is 0. The van der Waals surface area contributed by atoms with Gasteiger partial charge in [0.15, 0.2) is 0 Å². The molecule has 0 bridgehead atoms. The third kappa shape index (κ3) is 7.91. The first kappa shape index (κ1) is 29.7. The second-order valence-corrected chi connectivity index (χ2v) is 12.2. The topological polar surface area (TPSA) is 170 Å². The maximum absolute atomic E-state index is 13.4. The molecule has 2 heterocycles. The molecule has 2 unspecified atom stereocenters. The Bertz CT molecular complexity index is 1400. The number of hydrogen-bond acceptors (Lipinski definition) is 9. The molecule has 1 aromatic carbocycles. The number of rotatable bonds is 12. The van der Waals surface area contributed by atoms with Crippen LogP contribution in [0.3, 0.4) is 0 Å². The Morgan fingerprint density at radius 2 is 1.90 bits per heavy atom. The minimum atomic E-state index is -1.05. The number of amides is 2. The minimum absolute atomic E-state index is 0.0361. The van der Waals surface area contributed by atoms with Crippen LogP contribution < -0.4 is 10.6 Å². The SMILES string of the molecule is CC(C)(C)OC(=O)NCC(C(=O)Nc1cc2ccncc2s1)c1ccc(CC(C(=O)O)C2(CO[N+](=O)[O-])CC2)cc1. The lowest BCUT2D eigenvalue weighted by molar-refractivity contribution is -0.760. The molecule has 2 atom stereocenters. The maximum atomic E-state index is 13.4. The van der Waals surface area contributed by atoms with Crippen molar-refractivity contribution in [2.24, 2.45) is 11.3 Å². The Balaban J connectivity index is 1.51. The first-order valence-electron chi connectivity index (χ1n) is 13.1. The number of ether oxygens (including phenoxy) is 1. The molecule has 218 valence electrons. The number of carboxylic acids is 1. The van der Waals surface area contributed by atoms with E-state index in [1.807, 2.05) is 12.1 Å². The molecule has 0 radical (unpaired) electrons. The Labute approximate surface area is 240 Å². The van der Waals surface area contributed by atoms with E-state index in [9.17, 15) is 29.6 Å². The molecule has 2 aromatic heterocycles. The molecule has 1 saturated carbocycles. The molecular weight excluding hydrogens is 552 g/mol. The summed E-state index contributed by atoms with van der Waals surface area (Å²) in [6, 6.07) is 10.6. The van der Waals surface area contributed by atoms with Gasteiger partial charge in [0.1, 0.15) is 12.2 Å². The summed E-state index contributed by atoms with van der Waals surface area (Å²) >= 11 is 1.38. The smallest absolute Gasteiger partial charge is 0.407 e. The van der Waals surface area contributed by atoms with Crippen molar-refractivity contribution in [3.63, 3.8) is 0 Å². The van der Waals surface area contributed by atoms with Crippen LogP contribution in [0.4, 0.5) is 9.80 Å². The van der Waals surface area contributed by atoms with E-state index in [0.717, 1.165) is 10.1 Å². The summed E-state index contributed by atoms with van der Waals surface area (Å²) in [5.41, 5.74) is -0.185. The van der Waals surface area contributed by atoms with Crippen LogP contribution in [-0.4, -0.2) is 51.9 Å². The second kappa shape index (κ2) is 12.1. The molecule has 41 heavy (non-hydrogen) atoms. The van der Waals surface area contributed by atoms with Crippen LogP contribution in [0.5, 0.6) is 0 Å². The summed E-state index contributed by atoms with van der Waals surface area (Å²) in [5, 5.41) is 26.8. The lowest BCUT2D eigenvalue weighted by Crippen LogP contribution is -2.37. The van der Waals surface area contributed by atoms with E-state index in [4.69, 9.17) is 4.74 Å². The van der Waals surface area contributed by atoms with Gasteiger partial charge >= 0.3 is 12.1 Å². The highest BCUT2D eigenvalue weighted by Gasteiger charge is 2.53. The summed E-state index contributed by atoms with van der Waals surface area (Å²) in [6.45, 7) is 4.93. The summed E-state index contributed by atoms with van der Waals surface area (Å²) < 4.78 is 6.24. The van der Waals surface area contributed by atoms with Gasteiger partial charge in [0.2, 0.25) is 5.91 Å². The van der Waals surface area contributed by atoms with E-state index >= 15 is 0 Å². The molecule has 3 aromatic rings. The third-order valence-electron chi connectivity index (χ3n) is 6.94. The third-order valence-corrected chi connectivity index (χ3v) is 7.94. The molecule has 1 aliphatic carbocycles. The van der Waals surface area contributed by atoms with E-state index in [1.54, 1.807) is 57.4 Å². The van der Waals surface area contributed by atoms with Crippen molar-refractivity contribution in [2.75, 3.05) is 18.5 Å². The largest absolute Gasteiger partial charge is 0.481 e. The van der Waals surface area contributed by atoms with Crippen molar-refractivity contribution in [1.82, 2.24) is 10.3 Å². The number of carbonyl (C=O) groups is 3. The predicted octanol–water partition coefficient (Wildman–Crippen LogP) is 4.78. The number of anilines is 1. The molecular formula is C28H32N4O8S. The minimum Gasteiger partial charge on any atom is -0.481 e. The van der Waals surface area contributed by atoms with Gasteiger partial charge in [-0.25, -0.2) is 4.79 Å². The Kier molecular flexibility index (Phi) is 8.76. The van der Waals surface area contributed by atoms with Gasteiger partial charge in [-0.2, -0.15) is 0 Å². The van der Waals surface area contributed by atoms with E-state index in [1.165, 1.54) is 11.3 Å². The van der Waals surface area contributed by atoms with Gasteiger partial charge in [-0.05, 0) is 68.7 Å². The number of aromatic nitrogens is 1. The number of fused-ring (bicyclic) bond motifs is 1. The number of benzene rings is 1. The molecule has 0 spiro atoms. The quantitative estimate of drug-likeness (QED) is 0.200. The molecule has 1 aliphatic rings. The molecule has 1 fully saturated rings. The van der Waals surface area contributed by atoms with E-state index < -0.39 is 40.0 Å². The summed E-state index contributed by atoms with van der Waals surface area (Å²) in [6.07, 6.45) is 3.95. The fourth-order valence-electron chi connectivity index (χ4n) is 4.64. The average molecular weight is 585 g/mol. The number of hydrogen-bond donors (Lipinski definition) is 3. The van der Waals surface area contributed by atoms with Crippen LogP contribution in [0.25, 0.3) is 10.1 Å². The molecule has 0 saturated heterocycles. The van der Waals surface area contributed by atoms with Crippen molar-refractivity contribution in [2.45, 2.75) is 51.6 Å². The summed E-state index contributed by atoms with van der Waals surface area (Å²) in [5.74, 6) is -3.02. The lowest BCUT2D eigenvalue weighted by atomic mass is 9.84. The van der Waals surface area contributed by atoms with Crippen LogP contribution in [0, 0.1) is 21.4 Å². The van der Waals surface area contributed by atoms with E-state index in [-0.39, 0.29) is 25.5 Å². The molecule has 4 rings (SSSR count). The molecule has 13 heteroatoms. The predicted molar refractivity (Wildman–Crippen MR) is 151 cm³/mol. The molecule has 0 aliphatic heterocycles. The Morgan fingerprint density at radius 1 is 1.20 bits per heavy atom. The monoisotopic (exact) mass is 584 g/mol. The number of nitrogens with one attached hydrogen (secondary N) is 2. The van der Waals surface area contributed by atoms with Gasteiger partial charge in [-0.15, -0.1) is 21.5 Å². The fraction of sp³-hybridized carbons (Fsp3) is 0.429. The number of thiophene rings is 1. The van der Waals surface area contributed by atoms with Crippen molar-refractivity contribution in [3.05, 3.63) is 70.0 Å². The van der Waals surface area contributed by atoms with E-state index in [0.29, 0.717) is 29.0 Å². The number of carbonyl (C=O) groups excluding carboxylic acids is 2. The number of nitrogens with zero attached hydrogens (tertiary/aromatic N) is 2. The zero-order valence-corrected chi connectivity index (χ0v) is 23.7. The highest BCUT2D eigenvalue weighted by molar-refractivity contribution is 7.22. The highest BCUT2D eigenvalue weighted by Crippen LogP contribution is 2.53. The second-order valence-electron chi connectivity index (χ2n) is 11.1. The van der Waals surface area contributed by atoms with E-state index in [2.05, 4.69) is 20.5 Å². The van der Waals surface area contributed by atoms with Crippen LogP contribution in [0.15, 0.2) is 48.8 Å². The number of carboxylic acid groups (broad SMARTS) is 1. The number of aliphatic carboxylic acids is 1. The van der Waals surface area contributed by atoms with Crippen molar-refractivity contribution >= 4 is 44.4 Å². The number of pyridine rings is 1. The van der Waals surface area contributed by atoms with Crippen LogP contribution in [-0.2, 0) is 25.6 Å². The Hall–Kier alpha value is -4.26. The summed E-state index contributed by atoms with van der Waals surface area (Å²) in [4.78, 5) is 57.2. The van der Waals surface area contributed by atoms with Crippen molar-refractivity contribution in [3.8, 4) is 0 Å². The van der Waals surface area contributed by atoms with Gasteiger partial charge in [0, 0.05) is 24.4 Å². The Morgan fingerprint density at radius 3 is 2.49 bits per heavy atom. The standard InChI is InChI=1S/C28H32N4O8S/c1-27(2,3)40-26(36)30-14-20(24(33)31-23-13-19-8-11-29-15-22(19)41-23)18-6-4-17(5-7-18)12-21(25(34)35)28(9-10-28)16-39-32(37)38/h4-8,11,13,15,20-21H,9-10,12,14,16H2,1-3H3,(H,30,36)(H,31,33)(H,34,35). The first-order valence-corrected chi connectivity index (χ1v) is 13.9. The zero-order valence-electron chi connectivity index (χ0n) is 22.9. The molecule has 2 amide bonds. The average Bonchev–Trinajstić information content (AvgIpc) is 3.56. The van der Waals surface area contributed by atoms with Gasteiger partial charge in [-0.1, -0.05) is 24.3 Å². The van der Waals surface area contributed by atoms with Gasteiger partial charge in [0.25, 0.3) is 5.09 Å². The van der Waals surface area contributed by atoms with Gasteiger partial charge < -0.3 is 25.3 Å². The van der Waals surface area contributed by atoms with Crippen molar-refractivity contribution < 1.29 is 34.2 Å². The van der Waals surface area contributed by atoms with Gasteiger partial charge in [0.05, 0.1) is 21.5 Å². The zero-order chi connectivity index (χ0) is 29.8. The van der Waals surface area contributed by atoms with Crippen LogP contribution in [0.1, 0.15) is 50.7 Å². The van der Waals surface area contributed by atoms with Crippen LogP contribution in [0.2, 0.25) is 0 Å². The molecule has 3 N–H and O–H groups in total. The number of alkyl carbamates (subject to hydrolysis) is 1. The van der Waals surface area contributed by atoms with Crippen molar-refractivity contribution in [1.29, 1.82) is 0 Å². The maximum Gasteiger partial charge on any atom is 0.407 e. The molecule has 12 nitrogen and oxygen atoms in total. The van der Waals surface area contributed by atoms with Crippen LogP contribution >= 0.6 is 11.3 Å². The van der Waals surface area contributed by atoms with Gasteiger partial charge in [-0.3, -0.25) is 14.6 Å². The fourth-order valence-corrected chi connectivity index (χ4v) is 5.57. The first-order chi connectivity index (χ1) is 19.3.